The predicted molar refractivity (Wildman–Crippen MR) is 56.2 cm³/mol. The molecule has 0 spiro atoms. The van der Waals surface area contributed by atoms with E-state index in [1.54, 1.807) is 6.07 Å². The highest BCUT2D eigenvalue weighted by Gasteiger charge is 2.08. The van der Waals surface area contributed by atoms with Gasteiger partial charge in [0, 0.05) is 11.7 Å². The van der Waals surface area contributed by atoms with Crippen LogP contribution in [0.4, 0.5) is 0 Å². The summed E-state index contributed by atoms with van der Waals surface area (Å²) in [4.78, 5) is 14.6. The molecule has 0 radical (unpaired) electrons. The number of nitrogens with zero attached hydrogens (tertiary/aromatic N) is 2. The van der Waals surface area contributed by atoms with Crippen molar-refractivity contribution < 1.29 is 9.90 Å². The highest BCUT2D eigenvalue weighted by Crippen LogP contribution is 2.18. The molecule has 0 fully saturated rings. The summed E-state index contributed by atoms with van der Waals surface area (Å²) in [5.41, 5.74) is 2.13. The summed E-state index contributed by atoms with van der Waals surface area (Å²) in [6.07, 6.45) is 3.50. The molecule has 0 aliphatic heterocycles. The topological polar surface area (TPSA) is 54.6 Å². The number of carbonyl (C=O) groups is 1. The third-order valence-corrected chi connectivity index (χ3v) is 2.39. The number of carboxylic acids is 1. The smallest absolute Gasteiger partial charge is 0.354 e. The lowest BCUT2D eigenvalue weighted by Gasteiger charge is -1.96. The molecule has 2 heterocycles. The van der Waals surface area contributed by atoms with Crippen LogP contribution in [-0.2, 0) is 0 Å². The maximum absolute atomic E-state index is 10.7. The molecule has 15 heavy (non-hydrogen) atoms. The molecule has 2 aromatic rings. The maximum Gasteiger partial charge on any atom is 0.354 e. The van der Waals surface area contributed by atoms with Crippen molar-refractivity contribution in [2.24, 2.45) is 0 Å². The summed E-state index contributed by atoms with van der Waals surface area (Å²) >= 11 is 0. The molecular formula is C11H12N2O2. The molecule has 4 nitrogen and oxygen atoms in total. The molecule has 2 aromatic heterocycles. The fourth-order valence-electron chi connectivity index (χ4n) is 1.47. The van der Waals surface area contributed by atoms with Gasteiger partial charge in [0.15, 0.2) is 5.69 Å². The van der Waals surface area contributed by atoms with Crippen molar-refractivity contribution in [2.75, 3.05) is 0 Å². The van der Waals surface area contributed by atoms with E-state index in [2.05, 4.69) is 18.8 Å². The van der Waals surface area contributed by atoms with Crippen molar-refractivity contribution in [3.05, 3.63) is 35.9 Å². The quantitative estimate of drug-likeness (QED) is 0.815. The van der Waals surface area contributed by atoms with Gasteiger partial charge in [0.25, 0.3) is 0 Å². The molecule has 0 amide bonds. The van der Waals surface area contributed by atoms with Crippen molar-refractivity contribution in [3.63, 3.8) is 0 Å². The molecule has 4 heteroatoms. The first-order valence-corrected chi connectivity index (χ1v) is 4.79. The van der Waals surface area contributed by atoms with Crippen LogP contribution in [0.1, 0.15) is 35.8 Å². The van der Waals surface area contributed by atoms with Crippen LogP contribution in [-0.4, -0.2) is 20.5 Å². The van der Waals surface area contributed by atoms with Crippen molar-refractivity contribution in [2.45, 2.75) is 19.8 Å². The van der Waals surface area contributed by atoms with Crippen LogP contribution >= 0.6 is 0 Å². The van der Waals surface area contributed by atoms with Gasteiger partial charge >= 0.3 is 5.97 Å². The third-order valence-electron chi connectivity index (χ3n) is 2.39. The second-order valence-corrected chi connectivity index (χ2v) is 3.84. The van der Waals surface area contributed by atoms with Gasteiger partial charge in [-0.1, -0.05) is 13.8 Å². The van der Waals surface area contributed by atoms with Gasteiger partial charge in [0.05, 0.1) is 0 Å². The average Bonchev–Trinajstić information content (AvgIpc) is 2.59. The molecular weight excluding hydrogens is 192 g/mol. The first kappa shape index (κ1) is 9.71. The lowest BCUT2D eigenvalue weighted by Crippen LogP contribution is -2.00. The van der Waals surface area contributed by atoms with Gasteiger partial charge in [0.2, 0.25) is 0 Å². The van der Waals surface area contributed by atoms with E-state index in [4.69, 9.17) is 5.11 Å². The minimum atomic E-state index is -0.996. The molecule has 0 saturated carbocycles. The zero-order valence-corrected chi connectivity index (χ0v) is 8.64. The van der Waals surface area contributed by atoms with Crippen LogP contribution in [0.25, 0.3) is 5.52 Å². The Bertz CT molecular complexity index is 514. The number of hydrogen-bond acceptors (Lipinski definition) is 2. The monoisotopic (exact) mass is 204 g/mol. The maximum atomic E-state index is 10.7. The summed E-state index contributed by atoms with van der Waals surface area (Å²) in [7, 11) is 0. The van der Waals surface area contributed by atoms with E-state index >= 15 is 0 Å². The van der Waals surface area contributed by atoms with E-state index in [0.717, 1.165) is 5.52 Å². The lowest BCUT2D eigenvalue weighted by molar-refractivity contribution is 0.0690. The van der Waals surface area contributed by atoms with E-state index in [-0.39, 0.29) is 5.69 Å². The highest BCUT2D eigenvalue weighted by atomic mass is 16.4. The van der Waals surface area contributed by atoms with Crippen molar-refractivity contribution in [1.29, 1.82) is 0 Å². The average molecular weight is 204 g/mol. The molecule has 0 saturated heterocycles. The van der Waals surface area contributed by atoms with Gasteiger partial charge in [-0.3, -0.25) is 0 Å². The summed E-state index contributed by atoms with van der Waals surface area (Å²) in [6, 6.07) is 3.56. The molecule has 2 rings (SSSR count). The Morgan fingerprint density at radius 3 is 2.80 bits per heavy atom. The van der Waals surface area contributed by atoms with Gasteiger partial charge in [-0.2, -0.15) is 0 Å². The molecule has 0 atom stereocenters. The van der Waals surface area contributed by atoms with Crippen molar-refractivity contribution in [1.82, 2.24) is 9.38 Å². The molecule has 1 N–H and O–H groups in total. The molecule has 0 aromatic carbocycles. The van der Waals surface area contributed by atoms with Crippen LogP contribution < -0.4 is 0 Å². The van der Waals surface area contributed by atoms with E-state index in [1.165, 1.54) is 11.9 Å². The van der Waals surface area contributed by atoms with Gasteiger partial charge < -0.3 is 9.51 Å². The number of aromatic carboxylic acids is 1. The zero-order valence-electron chi connectivity index (χ0n) is 8.64. The van der Waals surface area contributed by atoms with Gasteiger partial charge in [0.1, 0.15) is 6.33 Å². The van der Waals surface area contributed by atoms with Crippen LogP contribution in [0.15, 0.2) is 24.7 Å². The van der Waals surface area contributed by atoms with Crippen molar-refractivity contribution >= 4 is 11.5 Å². The number of rotatable bonds is 2. The predicted octanol–water partition coefficient (Wildman–Crippen LogP) is 2.16. The Balaban J connectivity index is 2.57. The summed E-state index contributed by atoms with van der Waals surface area (Å²) < 4.78 is 1.84. The van der Waals surface area contributed by atoms with Crippen molar-refractivity contribution in [3.8, 4) is 0 Å². The first-order valence-electron chi connectivity index (χ1n) is 4.79. The Kier molecular flexibility index (Phi) is 2.19. The largest absolute Gasteiger partial charge is 0.477 e. The summed E-state index contributed by atoms with van der Waals surface area (Å²) in [6.45, 7) is 4.20. The number of carboxylic acid groups (broad SMARTS) is 1. The fraction of sp³-hybridized carbons (Fsp3) is 0.273. The minimum absolute atomic E-state index is 0.0795. The Morgan fingerprint density at radius 1 is 1.47 bits per heavy atom. The highest BCUT2D eigenvalue weighted by molar-refractivity contribution is 5.86. The van der Waals surface area contributed by atoms with Gasteiger partial charge in [-0.15, -0.1) is 0 Å². The van der Waals surface area contributed by atoms with E-state index < -0.39 is 5.97 Å². The molecule has 0 unspecified atom stereocenters. The lowest BCUT2D eigenvalue weighted by atomic mass is 10.1. The van der Waals surface area contributed by atoms with E-state index in [0.29, 0.717) is 5.92 Å². The second kappa shape index (κ2) is 3.38. The van der Waals surface area contributed by atoms with Crippen LogP contribution in [0, 0.1) is 0 Å². The van der Waals surface area contributed by atoms with E-state index in [1.807, 2.05) is 16.7 Å². The standard InChI is InChI=1S/C11H12N2O2/c1-7(2)8-3-9-4-10(11(14)15)12-6-13(9)5-8/h3-7H,1-2H3,(H,14,15). The SMILES string of the molecule is CC(C)c1cc2cc(C(=O)O)ncn2c1. The zero-order chi connectivity index (χ0) is 11.0. The molecule has 0 aliphatic rings. The minimum Gasteiger partial charge on any atom is -0.477 e. The van der Waals surface area contributed by atoms with Gasteiger partial charge in [-0.25, -0.2) is 9.78 Å². The Morgan fingerprint density at radius 2 is 2.20 bits per heavy atom. The van der Waals surface area contributed by atoms with E-state index in [9.17, 15) is 4.79 Å². The summed E-state index contributed by atoms with van der Waals surface area (Å²) in [5.74, 6) is -0.567. The number of hydrogen-bond donors (Lipinski definition) is 1. The normalized spacial score (nSPS) is 11.1. The Labute approximate surface area is 87.2 Å². The molecule has 0 aliphatic carbocycles. The second-order valence-electron chi connectivity index (χ2n) is 3.84. The first-order chi connectivity index (χ1) is 7.08. The van der Waals surface area contributed by atoms with Crippen LogP contribution in [0.5, 0.6) is 0 Å². The van der Waals surface area contributed by atoms with Crippen LogP contribution in [0.3, 0.4) is 0 Å². The number of fused-ring (bicyclic) bond motifs is 1. The number of aromatic nitrogens is 2. The van der Waals surface area contributed by atoms with Gasteiger partial charge in [-0.05, 0) is 23.6 Å². The Hall–Kier alpha value is -1.84. The summed E-state index contributed by atoms with van der Waals surface area (Å²) in [5, 5.41) is 8.79. The molecule has 78 valence electrons. The van der Waals surface area contributed by atoms with Crippen LogP contribution in [0.2, 0.25) is 0 Å². The molecule has 0 bridgehead atoms. The fourth-order valence-corrected chi connectivity index (χ4v) is 1.47. The third kappa shape index (κ3) is 1.70.